The molecular formula is C26H25N5OS. The molecule has 0 amide bonds. The summed E-state index contributed by atoms with van der Waals surface area (Å²) in [5, 5.41) is 4.20. The summed E-state index contributed by atoms with van der Waals surface area (Å²) in [5.74, 6) is 0.845. The van der Waals surface area contributed by atoms with Gasteiger partial charge in [-0.15, -0.1) is 0 Å². The van der Waals surface area contributed by atoms with E-state index >= 15 is 0 Å². The Morgan fingerprint density at radius 3 is 2.61 bits per heavy atom. The van der Waals surface area contributed by atoms with E-state index in [9.17, 15) is 0 Å². The van der Waals surface area contributed by atoms with E-state index in [0.717, 1.165) is 34.9 Å². The van der Waals surface area contributed by atoms with E-state index in [2.05, 4.69) is 61.3 Å². The third-order valence-electron chi connectivity index (χ3n) is 5.77. The number of ether oxygens (including phenoxy) is 1. The number of rotatable bonds is 7. The summed E-state index contributed by atoms with van der Waals surface area (Å²) >= 11 is 5.84. The van der Waals surface area contributed by atoms with Gasteiger partial charge >= 0.3 is 0 Å². The van der Waals surface area contributed by atoms with Crippen LogP contribution in [0.1, 0.15) is 36.0 Å². The highest BCUT2D eigenvalue weighted by molar-refractivity contribution is 7.80. The second kappa shape index (κ2) is 9.42. The summed E-state index contributed by atoms with van der Waals surface area (Å²) in [7, 11) is 0. The van der Waals surface area contributed by atoms with Crippen molar-refractivity contribution in [1.82, 2.24) is 19.9 Å². The van der Waals surface area contributed by atoms with Crippen molar-refractivity contribution >= 4 is 23.0 Å². The molecule has 33 heavy (non-hydrogen) atoms. The fourth-order valence-corrected chi connectivity index (χ4v) is 4.68. The van der Waals surface area contributed by atoms with E-state index < -0.39 is 0 Å². The second-order valence-electron chi connectivity index (χ2n) is 7.85. The molecule has 4 aromatic rings. The molecule has 6 nitrogen and oxygen atoms in total. The van der Waals surface area contributed by atoms with Crippen LogP contribution in [0.4, 0.5) is 5.69 Å². The Balaban J connectivity index is 1.56. The van der Waals surface area contributed by atoms with E-state index in [-0.39, 0.29) is 12.1 Å². The molecule has 1 aliphatic heterocycles. The Morgan fingerprint density at radius 1 is 1.00 bits per heavy atom. The highest BCUT2D eigenvalue weighted by Crippen LogP contribution is 2.42. The van der Waals surface area contributed by atoms with E-state index in [0.29, 0.717) is 11.7 Å². The van der Waals surface area contributed by atoms with Crippen LogP contribution < -0.4 is 15.0 Å². The maximum Gasteiger partial charge on any atom is 0.174 e. The van der Waals surface area contributed by atoms with Crippen LogP contribution in [0.5, 0.6) is 5.75 Å². The molecule has 1 saturated heterocycles. The zero-order chi connectivity index (χ0) is 22.6. The molecule has 2 atom stereocenters. The lowest BCUT2D eigenvalue weighted by Crippen LogP contribution is -2.30. The van der Waals surface area contributed by atoms with E-state index in [4.69, 9.17) is 17.0 Å². The van der Waals surface area contributed by atoms with Gasteiger partial charge in [0.1, 0.15) is 11.8 Å². The van der Waals surface area contributed by atoms with E-state index in [1.807, 2.05) is 55.7 Å². The molecule has 1 aromatic carbocycles. The standard InChI is InChI=1S/C26H25N5OS/c1-2-32-21-12-10-20(11-13-21)31-25(24(29-26(31)33)22-8-3-4-15-28-22)23-9-6-16-30(23)18-19-7-5-14-27-17-19/h3-17,24-25H,2,18H2,1H3,(H,29,33). The van der Waals surface area contributed by atoms with Crippen LogP contribution in [-0.2, 0) is 6.54 Å². The average molecular weight is 456 g/mol. The molecule has 0 bridgehead atoms. The summed E-state index contributed by atoms with van der Waals surface area (Å²) in [6.45, 7) is 3.35. The number of nitrogens with one attached hydrogen (secondary N) is 1. The largest absolute Gasteiger partial charge is 0.494 e. The van der Waals surface area contributed by atoms with Crippen LogP contribution in [0.25, 0.3) is 0 Å². The minimum absolute atomic E-state index is 0.0722. The Labute approximate surface area is 198 Å². The highest BCUT2D eigenvalue weighted by Gasteiger charge is 2.42. The van der Waals surface area contributed by atoms with Gasteiger partial charge in [0.25, 0.3) is 0 Å². The minimum atomic E-state index is -0.0900. The average Bonchev–Trinajstić information content (AvgIpc) is 3.44. The molecule has 2 unspecified atom stereocenters. The molecule has 1 N–H and O–H groups in total. The summed E-state index contributed by atoms with van der Waals surface area (Å²) in [6.07, 6.45) is 7.63. The van der Waals surface area contributed by atoms with Crippen LogP contribution >= 0.6 is 12.2 Å². The number of hydrogen-bond acceptors (Lipinski definition) is 4. The third-order valence-corrected chi connectivity index (χ3v) is 6.08. The number of thiocarbonyl (C=S) groups is 1. The Bertz CT molecular complexity index is 1210. The van der Waals surface area contributed by atoms with Crippen molar-refractivity contribution in [2.75, 3.05) is 11.5 Å². The van der Waals surface area contributed by atoms with Crippen molar-refractivity contribution in [3.63, 3.8) is 0 Å². The molecule has 1 aliphatic rings. The van der Waals surface area contributed by atoms with Gasteiger partial charge in [0, 0.05) is 42.7 Å². The first-order chi connectivity index (χ1) is 16.2. The Hall–Kier alpha value is -3.71. The number of aromatic nitrogens is 3. The van der Waals surface area contributed by atoms with Crippen LogP contribution in [0, 0.1) is 0 Å². The second-order valence-corrected chi connectivity index (χ2v) is 8.23. The van der Waals surface area contributed by atoms with Crippen molar-refractivity contribution < 1.29 is 4.74 Å². The monoisotopic (exact) mass is 455 g/mol. The molecule has 0 spiro atoms. The summed E-state index contributed by atoms with van der Waals surface area (Å²) in [5.41, 5.74) is 4.25. The maximum atomic E-state index is 5.84. The number of benzene rings is 1. The minimum Gasteiger partial charge on any atom is -0.494 e. The summed E-state index contributed by atoms with van der Waals surface area (Å²) in [4.78, 5) is 11.1. The van der Waals surface area contributed by atoms with Crippen molar-refractivity contribution in [3.8, 4) is 5.75 Å². The van der Waals surface area contributed by atoms with Crippen molar-refractivity contribution in [2.45, 2.75) is 25.6 Å². The van der Waals surface area contributed by atoms with Gasteiger partial charge in [0.15, 0.2) is 5.11 Å². The SMILES string of the molecule is CCOc1ccc(N2C(=S)NC(c3ccccn3)C2c2cccn2Cc2cccnc2)cc1. The smallest absolute Gasteiger partial charge is 0.174 e. The molecule has 0 aliphatic carbocycles. The van der Waals surface area contributed by atoms with Crippen LogP contribution in [0.15, 0.2) is 91.5 Å². The lowest BCUT2D eigenvalue weighted by atomic mass is 10.0. The Morgan fingerprint density at radius 2 is 1.88 bits per heavy atom. The molecule has 3 aromatic heterocycles. The van der Waals surface area contributed by atoms with Gasteiger partial charge < -0.3 is 19.5 Å². The van der Waals surface area contributed by atoms with E-state index in [1.165, 1.54) is 0 Å². The number of hydrogen-bond donors (Lipinski definition) is 1. The third kappa shape index (κ3) is 4.32. The zero-order valence-electron chi connectivity index (χ0n) is 18.3. The molecule has 5 rings (SSSR count). The maximum absolute atomic E-state index is 5.84. The normalized spacial score (nSPS) is 17.7. The van der Waals surface area contributed by atoms with Gasteiger partial charge in [-0.05, 0) is 79.3 Å². The fraction of sp³-hybridized carbons (Fsp3) is 0.192. The predicted molar refractivity (Wildman–Crippen MR) is 133 cm³/mol. The van der Waals surface area contributed by atoms with Gasteiger partial charge in [-0.25, -0.2) is 0 Å². The first-order valence-corrected chi connectivity index (χ1v) is 11.4. The van der Waals surface area contributed by atoms with Crippen molar-refractivity contribution in [2.24, 2.45) is 0 Å². The fourth-order valence-electron chi connectivity index (χ4n) is 4.33. The van der Waals surface area contributed by atoms with E-state index in [1.54, 1.807) is 6.20 Å². The number of nitrogens with zero attached hydrogens (tertiary/aromatic N) is 4. The highest BCUT2D eigenvalue weighted by atomic mass is 32.1. The lowest BCUT2D eigenvalue weighted by molar-refractivity contribution is 0.340. The van der Waals surface area contributed by atoms with Crippen LogP contribution in [0.2, 0.25) is 0 Å². The molecule has 4 heterocycles. The molecule has 0 radical (unpaired) electrons. The molecule has 7 heteroatoms. The summed E-state index contributed by atoms with van der Waals surface area (Å²) in [6, 6.07) is 22.2. The van der Waals surface area contributed by atoms with Gasteiger partial charge in [-0.1, -0.05) is 12.1 Å². The molecule has 1 fully saturated rings. The van der Waals surface area contributed by atoms with Gasteiger partial charge in [0.2, 0.25) is 0 Å². The zero-order valence-corrected chi connectivity index (χ0v) is 19.2. The van der Waals surface area contributed by atoms with Gasteiger partial charge in [-0.3, -0.25) is 9.97 Å². The lowest BCUT2D eigenvalue weighted by Gasteiger charge is -2.29. The topological polar surface area (TPSA) is 55.2 Å². The summed E-state index contributed by atoms with van der Waals surface area (Å²) < 4.78 is 7.90. The molecular weight excluding hydrogens is 430 g/mol. The first-order valence-electron chi connectivity index (χ1n) is 11.0. The van der Waals surface area contributed by atoms with Crippen molar-refractivity contribution in [1.29, 1.82) is 0 Å². The molecule has 166 valence electrons. The Kier molecular flexibility index (Phi) is 6.04. The molecule has 0 saturated carbocycles. The van der Waals surface area contributed by atoms with Gasteiger partial charge in [-0.2, -0.15) is 0 Å². The van der Waals surface area contributed by atoms with Gasteiger partial charge in [0.05, 0.1) is 18.3 Å². The van der Waals surface area contributed by atoms with Crippen LogP contribution in [0.3, 0.4) is 0 Å². The van der Waals surface area contributed by atoms with Crippen LogP contribution in [-0.4, -0.2) is 26.3 Å². The first kappa shape index (κ1) is 21.2. The van der Waals surface area contributed by atoms with Crippen molar-refractivity contribution in [3.05, 3.63) is 108 Å². The number of pyridine rings is 2. The predicted octanol–water partition coefficient (Wildman–Crippen LogP) is 4.90. The quantitative estimate of drug-likeness (QED) is 0.400. The number of anilines is 1.